The van der Waals surface area contributed by atoms with Gasteiger partial charge in [0.2, 0.25) is 5.95 Å². The largest absolute Gasteiger partial charge is 0.357 e. The summed E-state index contributed by atoms with van der Waals surface area (Å²) in [5.41, 5.74) is 1.78. The van der Waals surface area contributed by atoms with Gasteiger partial charge in [-0.25, -0.2) is 4.98 Å². The van der Waals surface area contributed by atoms with Crippen molar-refractivity contribution in [1.29, 1.82) is 0 Å². The molecule has 0 saturated carbocycles. The van der Waals surface area contributed by atoms with Gasteiger partial charge in [0.1, 0.15) is 5.82 Å². The highest BCUT2D eigenvalue weighted by molar-refractivity contribution is 9.10. The summed E-state index contributed by atoms with van der Waals surface area (Å²) in [5.74, 6) is 1.32. The summed E-state index contributed by atoms with van der Waals surface area (Å²) in [6.45, 7) is 0. The number of nitrogens with zero attached hydrogens (tertiary/aromatic N) is 2. The number of benzene rings is 2. The lowest BCUT2D eigenvalue weighted by atomic mass is 10.2. The lowest BCUT2D eigenvalue weighted by Gasteiger charge is -2.11. The summed E-state index contributed by atoms with van der Waals surface area (Å²) in [6.07, 6.45) is 0. The third-order valence-corrected chi connectivity index (χ3v) is 4.22. The molecule has 0 aliphatic rings. The monoisotopic (exact) mass is 362 g/mol. The van der Waals surface area contributed by atoms with Crippen LogP contribution in [-0.2, 0) is 0 Å². The number of aromatic nitrogens is 2. The van der Waals surface area contributed by atoms with E-state index in [0.29, 0.717) is 11.0 Å². The molecule has 0 bridgehead atoms. The van der Waals surface area contributed by atoms with Crippen LogP contribution in [0.1, 0.15) is 0 Å². The van der Waals surface area contributed by atoms with Gasteiger partial charge in [-0.15, -0.1) is 0 Å². The molecule has 1 heterocycles. The van der Waals surface area contributed by atoms with Crippen LogP contribution in [0, 0.1) is 0 Å². The minimum atomic E-state index is 0.573. The Hall–Kier alpha value is -1.85. The smallest absolute Gasteiger partial charge is 0.224 e. The number of para-hydroxylation sites is 1. The number of hydrogen-bond donors (Lipinski definition) is 2. The zero-order valence-corrected chi connectivity index (χ0v) is 13.5. The van der Waals surface area contributed by atoms with Crippen LogP contribution in [0.25, 0.3) is 10.9 Å². The predicted octanol–water partition coefficient (Wildman–Crippen LogP) is 4.83. The second-order valence-electron chi connectivity index (χ2n) is 4.42. The minimum Gasteiger partial charge on any atom is -0.357 e. The lowest BCUT2D eigenvalue weighted by molar-refractivity contribution is 1.19. The van der Waals surface area contributed by atoms with Crippen LogP contribution in [0.4, 0.5) is 17.5 Å². The Kier molecular flexibility index (Phi) is 3.94. The number of hydrogen-bond acceptors (Lipinski definition) is 4. The Labute approximate surface area is 135 Å². The van der Waals surface area contributed by atoms with E-state index in [0.717, 1.165) is 26.9 Å². The van der Waals surface area contributed by atoms with E-state index in [-0.39, 0.29) is 0 Å². The molecule has 0 aliphatic heterocycles. The molecule has 4 nitrogen and oxygen atoms in total. The molecular weight excluding hydrogens is 352 g/mol. The quantitative estimate of drug-likeness (QED) is 0.699. The summed E-state index contributed by atoms with van der Waals surface area (Å²) >= 11 is 9.44. The molecule has 0 unspecified atom stereocenters. The highest BCUT2D eigenvalue weighted by Gasteiger charge is 2.07. The average molecular weight is 364 g/mol. The Morgan fingerprint density at radius 1 is 1.10 bits per heavy atom. The third kappa shape index (κ3) is 2.94. The van der Waals surface area contributed by atoms with Crippen LogP contribution >= 0.6 is 27.5 Å². The van der Waals surface area contributed by atoms with Gasteiger partial charge in [0, 0.05) is 22.6 Å². The van der Waals surface area contributed by atoms with E-state index in [1.807, 2.05) is 42.5 Å². The molecule has 0 saturated heterocycles. The van der Waals surface area contributed by atoms with Gasteiger partial charge < -0.3 is 10.6 Å². The molecule has 0 aliphatic carbocycles. The van der Waals surface area contributed by atoms with Crippen LogP contribution < -0.4 is 10.6 Å². The van der Waals surface area contributed by atoms with Gasteiger partial charge >= 0.3 is 0 Å². The zero-order chi connectivity index (χ0) is 14.8. The van der Waals surface area contributed by atoms with Crippen molar-refractivity contribution in [3.05, 3.63) is 52.0 Å². The molecule has 2 aromatic carbocycles. The molecule has 0 spiro atoms. The molecule has 21 heavy (non-hydrogen) atoms. The second kappa shape index (κ2) is 5.87. The van der Waals surface area contributed by atoms with E-state index in [4.69, 9.17) is 11.6 Å². The molecule has 0 fully saturated rings. The summed E-state index contributed by atoms with van der Waals surface area (Å²) in [4.78, 5) is 8.92. The van der Waals surface area contributed by atoms with E-state index >= 15 is 0 Å². The fourth-order valence-electron chi connectivity index (χ4n) is 1.99. The molecule has 2 N–H and O–H groups in total. The highest BCUT2D eigenvalue weighted by Crippen LogP contribution is 2.29. The summed E-state index contributed by atoms with van der Waals surface area (Å²) in [6, 6.07) is 13.5. The van der Waals surface area contributed by atoms with Crippen molar-refractivity contribution >= 4 is 55.9 Å². The van der Waals surface area contributed by atoms with E-state index in [9.17, 15) is 0 Å². The van der Waals surface area contributed by atoms with Gasteiger partial charge in [0.15, 0.2) is 0 Å². The van der Waals surface area contributed by atoms with Crippen molar-refractivity contribution in [1.82, 2.24) is 9.97 Å². The third-order valence-electron chi connectivity index (χ3n) is 3.01. The van der Waals surface area contributed by atoms with Crippen molar-refractivity contribution in [2.45, 2.75) is 0 Å². The van der Waals surface area contributed by atoms with Crippen molar-refractivity contribution in [2.24, 2.45) is 0 Å². The first-order valence-corrected chi connectivity index (χ1v) is 7.51. The van der Waals surface area contributed by atoms with Gasteiger partial charge in [-0.1, -0.05) is 23.7 Å². The first-order valence-electron chi connectivity index (χ1n) is 6.34. The fourth-order valence-corrected chi connectivity index (χ4v) is 2.49. The Morgan fingerprint density at radius 3 is 2.67 bits per heavy atom. The Morgan fingerprint density at radius 2 is 1.90 bits per heavy atom. The van der Waals surface area contributed by atoms with Gasteiger partial charge in [0.05, 0.1) is 10.5 Å². The maximum atomic E-state index is 6.02. The van der Waals surface area contributed by atoms with Crippen LogP contribution in [0.15, 0.2) is 46.9 Å². The Bertz CT molecular complexity index is 807. The lowest BCUT2D eigenvalue weighted by Crippen LogP contribution is -2.01. The van der Waals surface area contributed by atoms with Gasteiger partial charge in [-0.2, -0.15) is 4.98 Å². The molecule has 0 amide bonds. The molecular formula is C15H12BrClN4. The average Bonchev–Trinajstić information content (AvgIpc) is 2.51. The zero-order valence-electron chi connectivity index (χ0n) is 11.2. The van der Waals surface area contributed by atoms with Gasteiger partial charge in [-0.05, 0) is 46.3 Å². The normalized spacial score (nSPS) is 10.6. The molecule has 1 aromatic heterocycles. The van der Waals surface area contributed by atoms with Crippen LogP contribution in [0.2, 0.25) is 5.02 Å². The van der Waals surface area contributed by atoms with E-state index in [1.165, 1.54) is 0 Å². The molecule has 106 valence electrons. The summed E-state index contributed by atoms with van der Waals surface area (Å²) in [5, 5.41) is 7.91. The first-order chi connectivity index (χ1) is 10.2. The number of anilines is 3. The van der Waals surface area contributed by atoms with Crippen molar-refractivity contribution in [2.75, 3.05) is 17.7 Å². The van der Waals surface area contributed by atoms with Crippen LogP contribution in [-0.4, -0.2) is 17.0 Å². The number of halogens is 2. The predicted molar refractivity (Wildman–Crippen MR) is 91.5 cm³/mol. The van der Waals surface area contributed by atoms with Crippen molar-refractivity contribution < 1.29 is 0 Å². The maximum absolute atomic E-state index is 6.02. The van der Waals surface area contributed by atoms with Gasteiger partial charge in [0.25, 0.3) is 0 Å². The molecule has 0 radical (unpaired) electrons. The number of nitrogens with one attached hydrogen (secondary N) is 2. The van der Waals surface area contributed by atoms with E-state index in [2.05, 4.69) is 36.5 Å². The number of fused-ring (bicyclic) bond motifs is 1. The summed E-state index contributed by atoms with van der Waals surface area (Å²) < 4.78 is 0.835. The van der Waals surface area contributed by atoms with Crippen molar-refractivity contribution in [3.8, 4) is 0 Å². The molecule has 3 aromatic rings. The fraction of sp³-hybridized carbons (Fsp3) is 0.0667. The van der Waals surface area contributed by atoms with Crippen molar-refractivity contribution in [3.63, 3.8) is 0 Å². The highest BCUT2D eigenvalue weighted by atomic mass is 79.9. The van der Waals surface area contributed by atoms with Crippen LogP contribution in [0.3, 0.4) is 0 Å². The topological polar surface area (TPSA) is 49.8 Å². The van der Waals surface area contributed by atoms with Gasteiger partial charge in [-0.3, -0.25) is 0 Å². The Balaban J connectivity index is 2.08. The first kappa shape index (κ1) is 14.1. The number of rotatable bonds is 3. The molecule has 3 rings (SSSR count). The maximum Gasteiger partial charge on any atom is 0.224 e. The molecule has 6 heteroatoms. The summed E-state index contributed by atoms with van der Waals surface area (Å²) in [7, 11) is 1.80. The minimum absolute atomic E-state index is 0.573. The van der Waals surface area contributed by atoms with E-state index in [1.54, 1.807) is 7.05 Å². The standard InChI is InChI=1S/C15H12BrClN4/c1-18-15-20-13-5-3-2-4-10(13)14(21-15)19-9-6-7-12(17)11(16)8-9/h2-8H,1H3,(H2,18,19,20,21). The van der Waals surface area contributed by atoms with Crippen LogP contribution in [0.5, 0.6) is 0 Å². The SMILES string of the molecule is CNc1nc(Nc2ccc(Cl)c(Br)c2)c2ccccc2n1. The molecule has 0 atom stereocenters. The van der Waals surface area contributed by atoms with E-state index < -0.39 is 0 Å². The second-order valence-corrected chi connectivity index (χ2v) is 5.68.